The highest BCUT2D eigenvalue weighted by molar-refractivity contribution is 7.92. The number of hydrogen-bond acceptors (Lipinski definition) is 3. The minimum Gasteiger partial charge on any atom is -0.481 e. The molecule has 0 aliphatic rings. The lowest BCUT2D eigenvalue weighted by molar-refractivity contribution is -0.136. The van der Waals surface area contributed by atoms with E-state index in [1.807, 2.05) is 0 Å². The molecule has 0 saturated carbocycles. The van der Waals surface area contributed by atoms with E-state index in [9.17, 15) is 13.2 Å². The van der Waals surface area contributed by atoms with Crippen LogP contribution in [-0.2, 0) is 21.2 Å². The van der Waals surface area contributed by atoms with E-state index in [0.29, 0.717) is 11.3 Å². The first-order valence-electron chi connectivity index (χ1n) is 5.86. The maximum absolute atomic E-state index is 12.1. The Hall–Kier alpha value is -2.34. The average molecular weight is 291 g/mol. The molecule has 104 valence electrons. The highest BCUT2D eigenvalue weighted by Crippen LogP contribution is 2.16. The molecule has 0 fully saturated rings. The van der Waals surface area contributed by atoms with Crippen molar-refractivity contribution in [3.8, 4) is 0 Å². The highest BCUT2D eigenvalue weighted by Gasteiger charge is 2.13. The molecule has 2 N–H and O–H groups in total. The lowest BCUT2D eigenvalue weighted by Gasteiger charge is -2.08. The summed E-state index contributed by atoms with van der Waals surface area (Å²) in [6, 6.07) is 14.3. The molecular weight excluding hydrogens is 278 g/mol. The summed E-state index contributed by atoms with van der Waals surface area (Å²) < 4.78 is 26.6. The predicted octanol–water partition coefficient (Wildman–Crippen LogP) is 2.11. The molecule has 0 aromatic heterocycles. The highest BCUT2D eigenvalue weighted by atomic mass is 32.2. The summed E-state index contributed by atoms with van der Waals surface area (Å²) in [5.74, 6) is -0.928. The van der Waals surface area contributed by atoms with Gasteiger partial charge in [0.15, 0.2) is 0 Å². The third kappa shape index (κ3) is 3.58. The molecule has 2 aromatic carbocycles. The van der Waals surface area contributed by atoms with Crippen LogP contribution in [0.2, 0.25) is 0 Å². The lowest BCUT2D eigenvalue weighted by atomic mass is 10.1. The molecule has 0 unspecified atom stereocenters. The molecule has 0 bridgehead atoms. The topological polar surface area (TPSA) is 83.5 Å². The summed E-state index contributed by atoms with van der Waals surface area (Å²) in [5, 5.41) is 8.66. The number of rotatable bonds is 5. The first kappa shape index (κ1) is 14.1. The molecule has 0 radical (unpaired) electrons. The Balaban J connectivity index is 2.16. The minimum absolute atomic E-state index is 0.0916. The molecule has 2 aromatic rings. The van der Waals surface area contributed by atoms with Crippen molar-refractivity contribution in [2.45, 2.75) is 11.3 Å². The summed E-state index contributed by atoms with van der Waals surface area (Å²) in [4.78, 5) is 10.7. The van der Waals surface area contributed by atoms with Crippen LogP contribution in [0.25, 0.3) is 0 Å². The van der Waals surface area contributed by atoms with Gasteiger partial charge in [-0.05, 0) is 29.8 Å². The van der Waals surface area contributed by atoms with Crippen LogP contribution in [0.3, 0.4) is 0 Å². The summed E-state index contributed by atoms with van der Waals surface area (Å²) >= 11 is 0. The van der Waals surface area contributed by atoms with Crippen LogP contribution in [0, 0.1) is 0 Å². The molecule has 0 spiro atoms. The zero-order valence-electron chi connectivity index (χ0n) is 10.5. The quantitative estimate of drug-likeness (QED) is 0.883. The van der Waals surface area contributed by atoms with Gasteiger partial charge in [-0.2, -0.15) is 0 Å². The Morgan fingerprint density at radius 1 is 1.00 bits per heavy atom. The molecule has 6 heteroatoms. The summed E-state index contributed by atoms with van der Waals surface area (Å²) in [6.45, 7) is 0. The molecule has 0 heterocycles. The van der Waals surface area contributed by atoms with E-state index in [1.54, 1.807) is 42.5 Å². The van der Waals surface area contributed by atoms with Crippen LogP contribution in [-0.4, -0.2) is 19.5 Å². The third-order valence-corrected chi connectivity index (χ3v) is 4.01. The maximum Gasteiger partial charge on any atom is 0.307 e. The van der Waals surface area contributed by atoms with Crippen LogP contribution < -0.4 is 4.72 Å². The van der Waals surface area contributed by atoms with Crippen LogP contribution in [0.1, 0.15) is 5.56 Å². The second-order valence-electron chi connectivity index (χ2n) is 4.19. The van der Waals surface area contributed by atoms with Crippen LogP contribution in [0.15, 0.2) is 59.5 Å². The SMILES string of the molecule is O=C(O)Cc1ccc(NS(=O)(=O)c2ccccc2)cc1. The smallest absolute Gasteiger partial charge is 0.307 e. The van der Waals surface area contributed by atoms with Crippen molar-refractivity contribution >= 4 is 21.7 Å². The summed E-state index contributed by atoms with van der Waals surface area (Å²) in [7, 11) is -3.62. The van der Waals surface area contributed by atoms with Crippen LogP contribution >= 0.6 is 0 Å². The molecule has 0 aliphatic heterocycles. The monoisotopic (exact) mass is 291 g/mol. The number of anilines is 1. The second-order valence-corrected chi connectivity index (χ2v) is 5.87. The molecule has 0 aliphatic carbocycles. The number of nitrogens with one attached hydrogen (secondary N) is 1. The Labute approximate surface area is 116 Å². The number of carboxylic acids is 1. The third-order valence-electron chi connectivity index (χ3n) is 2.62. The summed E-state index contributed by atoms with van der Waals surface area (Å²) in [6.07, 6.45) is -0.0916. The Kier molecular flexibility index (Phi) is 4.05. The van der Waals surface area contributed by atoms with Gasteiger partial charge in [-0.15, -0.1) is 0 Å². The minimum atomic E-state index is -3.62. The van der Waals surface area contributed by atoms with Gasteiger partial charge in [0, 0.05) is 5.69 Å². The number of benzene rings is 2. The lowest BCUT2D eigenvalue weighted by Crippen LogP contribution is -2.12. The van der Waals surface area contributed by atoms with Crippen LogP contribution in [0.5, 0.6) is 0 Å². The zero-order valence-corrected chi connectivity index (χ0v) is 11.3. The van der Waals surface area contributed by atoms with Gasteiger partial charge in [-0.3, -0.25) is 9.52 Å². The number of hydrogen-bond donors (Lipinski definition) is 2. The molecule has 0 atom stereocenters. The second kappa shape index (κ2) is 5.75. The number of carboxylic acid groups (broad SMARTS) is 1. The molecule has 0 saturated heterocycles. The van der Waals surface area contributed by atoms with Crippen molar-refractivity contribution in [1.29, 1.82) is 0 Å². The van der Waals surface area contributed by atoms with Gasteiger partial charge < -0.3 is 5.11 Å². The van der Waals surface area contributed by atoms with E-state index in [2.05, 4.69) is 4.72 Å². The van der Waals surface area contributed by atoms with Gasteiger partial charge in [0.25, 0.3) is 10.0 Å². The van der Waals surface area contributed by atoms with Crippen molar-refractivity contribution in [1.82, 2.24) is 0 Å². The first-order chi connectivity index (χ1) is 9.47. The van der Waals surface area contributed by atoms with Gasteiger partial charge >= 0.3 is 5.97 Å². The van der Waals surface area contributed by atoms with E-state index in [4.69, 9.17) is 5.11 Å². The van der Waals surface area contributed by atoms with E-state index in [-0.39, 0.29) is 11.3 Å². The zero-order chi connectivity index (χ0) is 14.6. The Bertz CT molecular complexity index is 694. The standard InChI is InChI=1S/C14H13NO4S/c16-14(17)10-11-6-8-12(9-7-11)15-20(18,19)13-4-2-1-3-5-13/h1-9,15H,10H2,(H,16,17). The largest absolute Gasteiger partial charge is 0.481 e. The van der Waals surface area contributed by atoms with E-state index < -0.39 is 16.0 Å². The van der Waals surface area contributed by atoms with Gasteiger partial charge in [0.1, 0.15) is 0 Å². The molecule has 2 rings (SSSR count). The Morgan fingerprint density at radius 3 is 2.15 bits per heavy atom. The normalized spacial score (nSPS) is 11.0. The average Bonchev–Trinajstić information content (AvgIpc) is 2.41. The van der Waals surface area contributed by atoms with Crippen molar-refractivity contribution in [2.24, 2.45) is 0 Å². The van der Waals surface area contributed by atoms with Crippen LogP contribution in [0.4, 0.5) is 5.69 Å². The van der Waals surface area contributed by atoms with Gasteiger partial charge in [-0.1, -0.05) is 30.3 Å². The predicted molar refractivity (Wildman–Crippen MR) is 75.0 cm³/mol. The van der Waals surface area contributed by atoms with Crippen molar-refractivity contribution < 1.29 is 18.3 Å². The fraction of sp³-hybridized carbons (Fsp3) is 0.0714. The van der Waals surface area contributed by atoms with E-state index in [0.717, 1.165) is 0 Å². The molecular formula is C14H13NO4S. The number of sulfonamides is 1. The maximum atomic E-state index is 12.1. The fourth-order valence-electron chi connectivity index (χ4n) is 1.68. The first-order valence-corrected chi connectivity index (χ1v) is 7.34. The Morgan fingerprint density at radius 2 is 1.60 bits per heavy atom. The van der Waals surface area contributed by atoms with Gasteiger partial charge in [-0.25, -0.2) is 8.42 Å². The molecule has 5 nitrogen and oxygen atoms in total. The van der Waals surface area contributed by atoms with E-state index in [1.165, 1.54) is 12.1 Å². The molecule has 20 heavy (non-hydrogen) atoms. The fourth-order valence-corrected chi connectivity index (χ4v) is 2.76. The van der Waals surface area contributed by atoms with Gasteiger partial charge in [0.2, 0.25) is 0 Å². The van der Waals surface area contributed by atoms with E-state index >= 15 is 0 Å². The van der Waals surface area contributed by atoms with Crippen molar-refractivity contribution in [2.75, 3.05) is 4.72 Å². The van der Waals surface area contributed by atoms with Crippen molar-refractivity contribution in [3.05, 3.63) is 60.2 Å². The molecule has 0 amide bonds. The summed E-state index contributed by atoms with van der Waals surface area (Å²) in [5.41, 5.74) is 1.00. The van der Waals surface area contributed by atoms with Crippen molar-refractivity contribution in [3.63, 3.8) is 0 Å². The number of carbonyl (C=O) groups is 1. The number of aliphatic carboxylic acids is 1. The van der Waals surface area contributed by atoms with Gasteiger partial charge in [0.05, 0.1) is 11.3 Å².